The highest BCUT2D eigenvalue weighted by Crippen LogP contribution is 2.17. The van der Waals surface area contributed by atoms with Crippen LogP contribution < -0.4 is 10.0 Å². The molecule has 0 radical (unpaired) electrons. The number of nitrogens with one attached hydrogen (secondary N) is 2. The van der Waals surface area contributed by atoms with Gasteiger partial charge in [-0.25, -0.2) is 13.1 Å². The van der Waals surface area contributed by atoms with Gasteiger partial charge in [-0.05, 0) is 31.7 Å². The summed E-state index contributed by atoms with van der Waals surface area (Å²) in [6.45, 7) is 2.17. The first-order valence-corrected chi connectivity index (χ1v) is 8.03. The van der Waals surface area contributed by atoms with Crippen LogP contribution in [0.25, 0.3) is 0 Å². The monoisotopic (exact) mass is 310 g/mol. The Morgan fingerprint density at radius 1 is 1.38 bits per heavy atom. The van der Waals surface area contributed by atoms with Crippen molar-refractivity contribution in [3.05, 3.63) is 42.0 Å². The number of benzene rings is 1. The maximum Gasteiger partial charge on any atom is 0.240 e. The van der Waals surface area contributed by atoms with Crippen LogP contribution >= 0.6 is 0 Å². The van der Waals surface area contributed by atoms with Crippen LogP contribution in [0.5, 0.6) is 0 Å². The summed E-state index contributed by atoms with van der Waals surface area (Å²) in [5, 5.41) is 6.54. The Balaban J connectivity index is 2.05. The van der Waals surface area contributed by atoms with Gasteiger partial charge < -0.3 is 9.84 Å². The van der Waals surface area contributed by atoms with Crippen LogP contribution in [0.1, 0.15) is 24.4 Å². The van der Waals surface area contributed by atoms with Gasteiger partial charge in [0, 0.05) is 19.0 Å². The summed E-state index contributed by atoms with van der Waals surface area (Å²) in [5.41, 5.74) is 0.914. The second-order valence-electron chi connectivity index (χ2n) is 4.57. The van der Waals surface area contributed by atoms with Gasteiger partial charge in [-0.2, -0.15) is 4.98 Å². The van der Waals surface area contributed by atoms with Crippen LogP contribution in [0.15, 0.2) is 40.0 Å². The standard InChI is InChI=1S/C13H18N4O3S/c1-10(14-2)11-4-3-5-12(8-11)21(18,19)17-7-6-13-15-9-16-20-13/h3-5,8-10,14,17H,6-7H2,1-2H3. The average molecular weight is 310 g/mol. The number of rotatable bonds is 7. The van der Waals surface area contributed by atoms with E-state index in [1.165, 1.54) is 6.33 Å². The van der Waals surface area contributed by atoms with Crippen molar-refractivity contribution in [3.63, 3.8) is 0 Å². The maximum atomic E-state index is 12.2. The molecule has 0 aliphatic rings. The first-order chi connectivity index (χ1) is 10.0. The summed E-state index contributed by atoms with van der Waals surface area (Å²) in [6.07, 6.45) is 1.64. The molecule has 0 fully saturated rings. The van der Waals surface area contributed by atoms with Gasteiger partial charge in [0.2, 0.25) is 15.9 Å². The zero-order valence-corrected chi connectivity index (χ0v) is 12.7. The molecule has 8 heteroatoms. The second-order valence-corrected chi connectivity index (χ2v) is 6.33. The van der Waals surface area contributed by atoms with Crippen molar-refractivity contribution in [2.24, 2.45) is 0 Å². The molecule has 1 aromatic heterocycles. The third-order valence-electron chi connectivity index (χ3n) is 3.14. The van der Waals surface area contributed by atoms with Gasteiger partial charge in [0.15, 0.2) is 6.33 Å². The van der Waals surface area contributed by atoms with Gasteiger partial charge in [-0.3, -0.25) is 0 Å². The number of sulfonamides is 1. The summed E-state index contributed by atoms with van der Waals surface area (Å²) in [5.74, 6) is 0.398. The molecule has 1 unspecified atom stereocenters. The molecule has 1 atom stereocenters. The first kappa shape index (κ1) is 15.6. The molecule has 2 rings (SSSR count). The molecule has 0 amide bonds. The Kier molecular flexibility index (Phi) is 5.05. The molecule has 1 aromatic carbocycles. The Hall–Kier alpha value is -1.77. The van der Waals surface area contributed by atoms with E-state index in [4.69, 9.17) is 4.52 Å². The zero-order valence-electron chi connectivity index (χ0n) is 11.9. The van der Waals surface area contributed by atoms with Gasteiger partial charge in [-0.15, -0.1) is 0 Å². The van der Waals surface area contributed by atoms with Crippen LogP contribution in [0.2, 0.25) is 0 Å². The molecule has 0 aliphatic heterocycles. The topological polar surface area (TPSA) is 97.1 Å². The Morgan fingerprint density at radius 2 is 2.19 bits per heavy atom. The minimum Gasteiger partial charge on any atom is -0.340 e. The lowest BCUT2D eigenvalue weighted by Gasteiger charge is -2.12. The molecule has 21 heavy (non-hydrogen) atoms. The fourth-order valence-corrected chi connectivity index (χ4v) is 2.89. The number of hydrogen-bond donors (Lipinski definition) is 2. The van der Waals surface area contributed by atoms with Gasteiger partial charge in [0.05, 0.1) is 4.90 Å². The van der Waals surface area contributed by atoms with Crippen molar-refractivity contribution in [3.8, 4) is 0 Å². The molecule has 7 nitrogen and oxygen atoms in total. The summed E-state index contributed by atoms with van der Waals surface area (Å²) < 4.78 is 31.8. The molecule has 0 bridgehead atoms. The summed E-state index contributed by atoms with van der Waals surface area (Å²) >= 11 is 0. The van der Waals surface area contributed by atoms with E-state index in [-0.39, 0.29) is 17.5 Å². The van der Waals surface area contributed by atoms with E-state index >= 15 is 0 Å². The third kappa shape index (κ3) is 4.10. The highest BCUT2D eigenvalue weighted by atomic mass is 32.2. The lowest BCUT2D eigenvalue weighted by molar-refractivity contribution is 0.377. The summed E-state index contributed by atoms with van der Waals surface area (Å²) in [7, 11) is -1.72. The van der Waals surface area contributed by atoms with E-state index in [0.29, 0.717) is 12.3 Å². The molecule has 114 valence electrons. The van der Waals surface area contributed by atoms with E-state index < -0.39 is 10.0 Å². The molecule has 0 saturated carbocycles. The number of aromatic nitrogens is 2. The van der Waals surface area contributed by atoms with Crippen LogP contribution in [0.3, 0.4) is 0 Å². The maximum absolute atomic E-state index is 12.2. The smallest absolute Gasteiger partial charge is 0.240 e. The molecule has 1 heterocycles. The minimum absolute atomic E-state index is 0.0820. The highest BCUT2D eigenvalue weighted by molar-refractivity contribution is 7.89. The quantitative estimate of drug-likeness (QED) is 0.787. The van der Waals surface area contributed by atoms with Crippen molar-refractivity contribution >= 4 is 10.0 Å². The van der Waals surface area contributed by atoms with Crippen molar-refractivity contribution in [2.45, 2.75) is 24.3 Å². The molecule has 0 aliphatic carbocycles. The normalized spacial score (nSPS) is 13.2. The van der Waals surface area contributed by atoms with E-state index in [1.807, 2.05) is 20.0 Å². The van der Waals surface area contributed by atoms with Gasteiger partial charge in [-0.1, -0.05) is 17.3 Å². The first-order valence-electron chi connectivity index (χ1n) is 6.55. The Labute approximate surface area is 123 Å². The van der Waals surface area contributed by atoms with Crippen molar-refractivity contribution in [1.82, 2.24) is 20.2 Å². The predicted octanol–water partition coefficient (Wildman–Crippen LogP) is 0.871. The Morgan fingerprint density at radius 3 is 2.86 bits per heavy atom. The van der Waals surface area contributed by atoms with E-state index in [0.717, 1.165) is 5.56 Å². The SMILES string of the molecule is CNC(C)c1cccc(S(=O)(=O)NCCc2ncno2)c1. The second kappa shape index (κ2) is 6.79. The molecule has 2 N–H and O–H groups in total. The van der Waals surface area contributed by atoms with Crippen LogP contribution in [0.4, 0.5) is 0 Å². The zero-order chi connectivity index (χ0) is 15.3. The van der Waals surface area contributed by atoms with Gasteiger partial charge in [0.1, 0.15) is 0 Å². The van der Waals surface area contributed by atoms with Gasteiger partial charge >= 0.3 is 0 Å². The molecule has 0 saturated heterocycles. The van der Waals surface area contributed by atoms with Crippen molar-refractivity contribution in [1.29, 1.82) is 0 Å². The summed E-state index contributed by atoms with van der Waals surface area (Å²) in [6, 6.07) is 6.93. The Bertz CT molecular complexity index is 670. The average Bonchev–Trinajstić information content (AvgIpc) is 2.99. The molecule has 2 aromatic rings. The van der Waals surface area contributed by atoms with Crippen molar-refractivity contribution in [2.75, 3.05) is 13.6 Å². The number of hydrogen-bond acceptors (Lipinski definition) is 6. The van der Waals surface area contributed by atoms with Crippen LogP contribution in [-0.4, -0.2) is 32.2 Å². The fourth-order valence-electron chi connectivity index (χ4n) is 1.80. The molecular formula is C13H18N4O3S. The van der Waals surface area contributed by atoms with E-state index in [2.05, 4.69) is 20.2 Å². The summed E-state index contributed by atoms with van der Waals surface area (Å²) in [4.78, 5) is 4.08. The predicted molar refractivity (Wildman–Crippen MR) is 77.1 cm³/mol. The number of nitrogens with zero attached hydrogens (tertiary/aromatic N) is 2. The highest BCUT2D eigenvalue weighted by Gasteiger charge is 2.15. The van der Waals surface area contributed by atoms with Crippen LogP contribution in [0, 0.1) is 0 Å². The fraction of sp³-hybridized carbons (Fsp3) is 0.385. The lowest BCUT2D eigenvalue weighted by Crippen LogP contribution is -2.26. The molecule has 0 spiro atoms. The minimum atomic E-state index is -3.55. The van der Waals surface area contributed by atoms with E-state index in [1.54, 1.807) is 18.2 Å². The van der Waals surface area contributed by atoms with Crippen molar-refractivity contribution < 1.29 is 12.9 Å². The third-order valence-corrected chi connectivity index (χ3v) is 4.60. The van der Waals surface area contributed by atoms with E-state index in [9.17, 15) is 8.42 Å². The largest absolute Gasteiger partial charge is 0.340 e. The van der Waals surface area contributed by atoms with Gasteiger partial charge in [0.25, 0.3) is 0 Å². The lowest BCUT2D eigenvalue weighted by atomic mass is 10.1. The van der Waals surface area contributed by atoms with Crippen LogP contribution in [-0.2, 0) is 16.4 Å². The molecular weight excluding hydrogens is 292 g/mol.